The van der Waals surface area contributed by atoms with E-state index in [1.807, 2.05) is 25.1 Å². The van der Waals surface area contributed by atoms with Gasteiger partial charge in [0.25, 0.3) is 0 Å². The summed E-state index contributed by atoms with van der Waals surface area (Å²) in [5, 5.41) is 3.59. The van der Waals surface area contributed by atoms with Gasteiger partial charge < -0.3 is 0 Å². The predicted molar refractivity (Wildman–Crippen MR) is 96.7 cm³/mol. The van der Waals surface area contributed by atoms with Gasteiger partial charge in [-0.1, -0.05) is 54.1 Å². The molecule has 0 amide bonds. The molecule has 4 rings (SSSR count). The van der Waals surface area contributed by atoms with E-state index in [9.17, 15) is 0 Å². The van der Waals surface area contributed by atoms with Crippen molar-refractivity contribution in [2.45, 2.75) is 20.8 Å². The van der Waals surface area contributed by atoms with Crippen LogP contribution in [-0.4, -0.2) is 9.97 Å². The number of benzene rings is 3. The Labute approximate surface area is 135 Å². The smallest absolute Gasteiger partial charge is 0.126 e. The van der Waals surface area contributed by atoms with Crippen LogP contribution in [0.1, 0.15) is 17.0 Å². The second-order valence-corrected chi connectivity index (χ2v) is 6.13. The first-order valence-electron chi connectivity index (χ1n) is 7.87. The summed E-state index contributed by atoms with van der Waals surface area (Å²) in [6.45, 7) is 6.26. The molecule has 0 saturated heterocycles. The highest BCUT2D eigenvalue weighted by atomic mass is 14.9. The van der Waals surface area contributed by atoms with Crippen molar-refractivity contribution < 1.29 is 0 Å². The fraction of sp³-hybridized carbons (Fsp3) is 0.143. The van der Waals surface area contributed by atoms with Crippen LogP contribution in [0.25, 0.3) is 32.9 Å². The fourth-order valence-electron chi connectivity index (χ4n) is 3.37. The van der Waals surface area contributed by atoms with E-state index in [0.717, 1.165) is 28.0 Å². The van der Waals surface area contributed by atoms with Gasteiger partial charge in [-0.2, -0.15) is 0 Å². The number of fused-ring (bicyclic) bond motifs is 3. The van der Waals surface area contributed by atoms with E-state index in [4.69, 9.17) is 9.97 Å². The molecular formula is C21H18N2. The predicted octanol–water partition coefficient (Wildman–Crippen LogP) is 5.38. The van der Waals surface area contributed by atoms with Gasteiger partial charge in [-0.3, -0.25) is 0 Å². The number of hydrogen-bond acceptors (Lipinski definition) is 2. The van der Waals surface area contributed by atoms with Crippen molar-refractivity contribution in [3.05, 3.63) is 71.5 Å². The van der Waals surface area contributed by atoms with Crippen LogP contribution in [0.2, 0.25) is 0 Å². The Morgan fingerprint density at radius 3 is 2.35 bits per heavy atom. The Hall–Kier alpha value is -2.74. The average molecular weight is 298 g/mol. The minimum Gasteiger partial charge on any atom is -0.233 e. The quantitative estimate of drug-likeness (QED) is 0.441. The molecule has 23 heavy (non-hydrogen) atoms. The zero-order valence-corrected chi connectivity index (χ0v) is 13.6. The van der Waals surface area contributed by atoms with Crippen molar-refractivity contribution in [3.63, 3.8) is 0 Å². The Bertz CT molecular complexity index is 1030. The van der Waals surface area contributed by atoms with E-state index in [1.165, 1.54) is 21.9 Å². The molecule has 0 aliphatic carbocycles. The van der Waals surface area contributed by atoms with Crippen molar-refractivity contribution in [1.29, 1.82) is 0 Å². The summed E-state index contributed by atoms with van der Waals surface area (Å²) in [6.07, 6.45) is 0. The molecule has 0 radical (unpaired) electrons. The number of rotatable bonds is 1. The Morgan fingerprint density at radius 1 is 0.783 bits per heavy atom. The summed E-state index contributed by atoms with van der Waals surface area (Å²) in [7, 11) is 0. The minimum atomic E-state index is 0.809. The Balaban J connectivity index is 2.17. The molecule has 1 heterocycles. The third-order valence-corrected chi connectivity index (χ3v) is 4.28. The number of aryl methyl sites for hydroxylation is 3. The Morgan fingerprint density at radius 2 is 1.57 bits per heavy atom. The normalized spacial score (nSPS) is 11.3. The monoisotopic (exact) mass is 298 g/mol. The summed E-state index contributed by atoms with van der Waals surface area (Å²) < 4.78 is 0. The van der Waals surface area contributed by atoms with Gasteiger partial charge in [0.15, 0.2) is 0 Å². The van der Waals surface area contributed by atoms with Crippen LogP contribution in [0.3, 0.4) is 0 Å². The van der Waals surface area contributed by atoms with E-state index >= 15 is 0 Å². The minimum absolute atomic E-state index is 0.809. The SMILES string of the molecule is Cc1cc(C)c2c(ccc3c(-c4ccccc4)nc(C)nc32)c1. The number of nitrogens with zero attached hydrogens (tertiary/aromatic N) is 2. The summed E-state index contributed by atoms with van der Waals surface area (Å²) in [5.74, 6) is 0.809. The average Bonchev–Trinajstić information content (AvgIpc) is 2.54. The molecule has 0 unspecified atom stereocenters. The van der Waals surface area contributed by atoms with E-state index in [1.54, 1.807) is 0 Å². The van der Waals surface area contributed by atoms with Crippen molar-refractivity contribution in [3.8, 4) is 11.3 Å². The maximum Gasteiger partial charge on any atom is 0.126 e. The van der Waals surface area contributed by atoms with Crippen LogP contribution in [-0.2, 0) is 0 Å². The molecular weight excluding hydrogens is 280 g/mol. The third kappa shape index (κ3) is 2.27. The second kappa shape index (κ2) is 5.17. The first-order chi connectivity index (χ1) is 11.1. The molecule has 2 heteroatoms. The molecule has 3 aromatic carbocycles. The van der Waals surface area contributed by atoms with Gasteiger partial charge in [0.1, 0.15) is 5.82 Å². The molecule has 4 aromatic rings. The topological polar surface area (TPSA) is 25.8 Å². The van der Waals surface area contributed by atoms with Crippen LogP contribution in [0.5, 0.6) is 0 Å². The molecule has 0 aliphatic rings. The highest BCUT2D eigenvalue weighted by Gasteiger charge is 2.12. The zero-order valence-electron chi connectivity index (χ0n) is 13.6. The lowest BCUT2D eigenvalue weighted by atomic mass is 9.97. The van der Waals surface area contributed by atoms with Gasteiger partial charge in [0.2, 0.25) is 0 Å². The van der Waals surface area contributed by atoms with Gasteiger partial charge in [-0.05, 0) is 37.8 Å². The lowest BCUT2D eigenvalue weighted by Crippen LogP contribution is -1.96. The molecule has 0 aliphatic heterocycles. The first kappa shape index (κ1) is 13.9. The molecule has 0 N–H and O–H groups in total. The van der Waals surface area contributed by atoms with Crippen molar-refractivity contribution >= 4 is 21.7 Å². The molecule has 0 fully saturated rings. The van der Waals surface area contributed by atoms with Gasteiger partial charge in [-0.15, -0.1) is 0 Å². The Kier molecular flexibility index (Phi) is 3.12. The standard InChI is InChI=1S/C21H18N2/c1-13-11-14(2)19-17(12-13)9-10-18-20(16-7-5-4-6-8-16)22-15(3)23-21(18)19/h4-12H,1-3H3. The molecule has 0 spiro atoms. The number of aromatic nitrogens is 2. The zero-order chi connectivity index (χ0) is 16.0. The van der Waals surface area contributed by atoms with Crippen LogP contribution < -0.4 is 0 Å². The van der Waals surface area contributed by atoms with Crippen LogP contribution in [0.15, 0.2) is 54.6 Å². The van der Waals surface area contributed by atoms with E-state index in [2.05, 4.69) is 50.2 Å². The summed E-state index contributed by atoms with van der Waals surface area (Å²) in [4.78, 5) is 9.48. The van der Waals surface area contributed by atoms with Gasteiger partial charge in [0.05, 0.1) is 11.2 Å². The van der Waals surface area contributed by atoms with Crippen molar-refractivity contribution in [2.75, 3.05) is 0 Å². The highest BCUT2D eigenvalue weighted by molar-refractivity contribution is 6.10. The van der Waals surface area contributed by atoms with Crippen LogP contribution >= 0.6 is 0 Å². The first-order valence-corrected chi connectivity index (χ1v) is 7.87. The molecule has 2 nitrogen and oxygen atoms in total. The van der Waals surface area contributed by atoms with E-state index in [0.29, 0.717) is 0 Å². The van der Waals surface area contributed by atoms with Gasteiger partial charge in [-0.25, -0.2) is 9.97 Å². The highest BCUT2D eigenvalue weighted by Crippen LogP contribution is 2.33. The van der Waals surface area contributed by atoms with Gasteiger partial charge in [0, 0.05) is 16.3 Å². The second-order valence-electron chi connectivity index (χ2n) is 6.13. The summed E-state index contributed by atoms with van der Waals surface area (Å²) in [6, 6.07) is 19.1. The lowest BCUT2D eigenvalue weighted by Gasteiger charge is -2.12. The van der Waals surface area contributed by atoms with E-state index in [-0.39, 0.29) is 0 Å². The molecule has 0 saturated carbocycles. The van der Waals surface area contributed by atoms with Gasteiger partial charge >= 0.3 is 0 Å². The molecule has 0 bridgehead atoms. The lowest BCUT2D eigenvalue weighted by molar-refractivity contribution is 1.10. The maximum absolute atomic E-state index is 4.77. The molecule has 112 valence electrons. The van der Waals surface area contributed by atoms with Crippen LogP contribution in [0.4, 0.5) is 0 Å². The maximum atomic E-state index is 4.77. The molecule has 0 atom stereocenters. The van der Waals surface area contributed by atoms with Crippen LogP contribution in [0, 0.1) is 20.8 Å². The largest absolute Gasteiger partial charge is 0.233 e. The number of hydrogen-bond donors (Lipinski definition) is 0. The molecule has 1 aromatic heterocycles. The third-order valence-electron chi connectivity index (χ3n) is 4.28. The van der Waals surface area contributed by atoms with Crippen molar-refractivity contribution in [1.82, 2.24) is 9.97 Å². The van der Waals surface area contributed by atoms with Crippen molar-refractivity contribution in [2.24, 2.45) is 0 Å². The summed E-state index contributed by atoms with van der Waals surface area (Å²) in [5.41, 5.74) is 5.74. The van der Waals surface area contributed by atoms with E-state index < -0.39 is 0 Å². The summed E-state index contributed by atoms with van der Waals surface area (Å²) >= 11 is 0. The fourth-order valence-corrected chi connectivity index (χ4v) is 3.37.